The monoisotopic (exact) mass is 351 g/mol. The van der Waals surface area contributed by atoms with Crippen molar-refractivity contribution in [3.05, 3.63) is 27.2 Å². The summed E-state index contributed by atoms with van der Waals surface area (Å²) in [6.07, 6.45) is 4.59. The third kappa shape index (κ3) is 8.15. The topological polar surface area (TPSA) is 21.3 Å². The molecule has 21 heavy (non-hydrogen) atoms. The van der Waals surface area contributed by atoms with Gasteiger partial charge in [0.05, 0.1) is 21.7 Å². The third-order valence-electron chi connectivity index (χ3n) is 3.03. The number of hydrogen-bond donors (Lipinski definition) is 1. The Hall–Kier alpha value is -0.150. The van der Waals surface area contributed by atoms with Crippen LogP contribution in [0.25, 0.3) is 0 Å². The zero-order valence-electron chi connectivity index (χ0n) is 12.7. The molecular weight excluding hydrogens is 329 g/mol. The maximum atomic E-state index is 6.05. The lowest BCUT2D eigenvalue weighted by Crippen LogP contribution is -2.20. The zero-order chi connectivity index (χ0) is 15.7. The van der Waals surface area contributed by atoms with Gasteiger partial charge in [0, 0.05) is 6.07 Å². The van der Waals surface area contributed by atoms with E-state index in [4.69, 9.17) is 39.5 Å². The summed E-state index contributed by atoms with van der Waals surface area (Å²) in [5.41, 5.74) is 0. The lowest BCUT2D eigenvalue weighted by atomic mass is 10.2. The molecule has 0 saturated heterocycles. The summed E-state index contributed by atoms with van der Waals surface area (Å²) in [4.78, 5) is 0. The minimum atomic E-state index is 0.447. The van der Waals surface area contributed by atoms with Gasteiger partial charge in [-0.15, -0.1) is 0 Å². The van der Waals surface area contributed by atoms with Crippen molar-refractivity contribution in [1.29, 1.82) is 0 Å². The number of hydrogen-bond acceptors (Lipinski definition) is 2. The van der Waals surface area contributed by atoms with Crippen molar-refractivity contribution in [1.82, 2.24) is 5.32 Å². The fourth-order valence-electron chi connectivity index (χ4n) is 1.89. The van der Waals surface area contributed by atoms with Gasteiger partial charge in [0.2, 0.25) is 0 Å². The maximum Gasteiger partial charge on any atom is 0.139 e. The van der Waals surface area contributed by atoms with Crippen LogP contribution in [0, 0.1) is 5.92 Å². The summed E-state index contributed by atoms with van der Waals surface area (Å²) in [5.74, 6) is 1.32. The molecule has 0 bridgehead atoms. The van der Waals surface area contributed by atoms with Crippen LogP contribution in [0.5, 0.6) is 5.75 Å². The van der Waals surface area contributed by atoms with E-state index in [1.165, 1.54) is 12.8 Å². The van der Waals surface area contributed by atoms with Crippen molar-refractivity contribution in [2.24, 2.45) is 5.92 Å². The molecule has 0 aliphatic carbocycles. The highest BCUT2D eigenvalue weighted by Crippen LogP contribution is 2.33. The molecule has 0 unspecified atom stereocenters. The first-order valence-electron chi connectivity index (χ1n) is 7.48. The van der Waals surface area contributed by atoms with Crippen LogP contribution < -0.4 is 10.1 Å². The predicted octanol–water partition coefficient (Wildman–Crippen LogP) is 5.83. The van der Waals surface area contributed by atoms with Gasteiger partial charge in [0.1, 0.15) is 5.75 Å². The van der Waals surface area contributed by atoms with Crippen LogP contribution in [0.4, 0.5) is 0 Å². The van der Waals surface area contributed by atoms with Gasteiger partial charge in [-0.1, -0.05) is 61.5 Å². The molecule has 0 radical (unpaired) electrons. The Morgan fingerprint density at radius 2 is 1.62 bits per heavy atom. The summed E-state index contributed by atoms with van der Waals surface area (Å²) in [6, 6.07) is 3.28. The van der Waals surface area contributed by atoms with Crippen LogP contribution in [0.1, 0.15) is 39.5 Å². The molecule has 1 rings (SSSR count). The second kappa shape index (κ2) is 10.6. The fourth-order valence-corrected chi connectivity index (χ4v) is 2.48. The van der Waals surface area contributed by atoms with Crippen LogP contribution in [-0.2, 0) is 0 Å². The van der Waals surface area contributed by atoms with E-state index in [1.54, 1.807) is 12.1 Å². The molecule has 0 spiro atoms. The number of benzene rings is 1. The van der Waals surface area contributed by atoms with Crippen molar-refractivity contribution in [2.45, 2.75) is 39.5 Å². The fraction of sp³-hybridized carbons (Fsp3) is 0.625. The van der Waals surface area contributed by atoms with Gasteiger partial charge in [0.25, 0.3) is 0 Å². The maximum absolute atomic E-state index is 6.05. The highest BCUT2D eigenvalue weighted by atomic mass is 35.5. The van der Waals surface area contributed by atoms with Crippen molar-refractivity contribution < 1.29 is 4.74 Å². The summed E-state index contributed by atoms with van der Waals surface area (Å²) in [6.45, 7) is 7.28. The lowest BCUT2D eigenvalue weighted by Gasteiger charge is -2.09. The zero-order valence-corrected chi connectivity index (χ0v) is 15.0. The number of halogens is 3. The molecular formula is C16H24Cl3NO. The molecule has 0 aromatic heterocycles. The molecule has 0 aliphatic rings. The quantitative estimate of drug-likeness (QED) is 0.422. The Bertz CT molecular complexity index is 424. The van der Waals surface area contributed by atoms with Crippen LogP contribution in [-0.4, -0.2) is 19.7 Å². The Labute approximate surface area is 143 Å². The Morgan fingerprint density at radius 3 is 2.33 bits per heavy atom. The van der Waals surface area contributed by atoms with Crippen molar-refractivity contribution in [2.75, 3.05) is 19.7 Å². The molecule has 0 fully saturated rings. The van der Waals surface area contributed by atoms with Gasteiger partial charge in [-0.25, -0.2) is 0 Å². The minimum Gasteiger partial charge on any atom is -0.492 e. The first-order valence-corrected chi connectivity index (χ1v) is 8.62. The number of nitrogens with one attached hydrogen (secondary N) is 1. The second-order valence-corrected chi connectivity index (χ2v) is 6.78. The number of ether oxygens (including phenoxy) is 1. The molecule has 1 aromatic carbocycles. The lowest BCUT2D eigenvalue weighted by molar-refractivity contribution is 0.304. The molecule has 0 saturated carbocycles. The Morgan fingerprint density at radius 1 is 0.952 bits per heavy atom. The van der Waals surface area contributed by atoms with E-state index < -0.39 is 0 Å². The number of rotatable bonds is 10. The van der Waals surface area contributed by atoms with Crippen LogP contribution in [0.15, 0.2) is 12.1 Å². The first-order chi connectivity index (χ1) is 10.0. The van der Waals surface area contributed by atoms with E-state index in [-0.39, 0.29) is 0 Å². The normalized spacial score (nSPS) is 11.1. The van der Waals surface area contributed by atoms with Gasteiger partial charge in [0.15, 0.2) is 0 Å². The summed E-state index contributed by atoms with van der Waals surface area (Å²) < 4.78 is 5.64. The molecule has 0 aliphatic heterocycles. The molecule has 1 N–H and O–H groups in total. The predicted molar refractivity (Wildman–Crippen MR) is 93.1 cm³/mol. The third-order valence-corrected chi connectivity index (χ3v) is 4.05. The van der Waals surface area contributed by atoms with Crippen LogP contribution in [0.2, 0.25) is 15.1 Å². The molecule has 0 heterocycles. The smallest absolute Gasteiger partial charge is 0.139 e. The van der Waals surface area contributed by atoms with Gasteiger partial charge in [-0.05, 0) is 37.9 Å². The van der Waals surface area contributed by atoms with Gasteiger partial charge in [-0.2, -0.15) is 0 Å². The minimum absolute atomic E-state index is 0.447. The molecule has 2 nitrogen and oxygen atoms in total. The van der Waals surface area contributed by atoms with Gasteiger partial charge < -0.3 is 10.1 Å². The van der Waals surface area contributed by atoms with E-state index in [1.807, 2.05) is 0 Å². The van der Waals surface area contributed by atoms with Crippen molar-refractivity contribution in [3.63, 3.8) is 0 Å². The Kier molecular flexibility index (Phi) is 9.50. The van der Waals surface area contributed by atoms with Crippen molar-refractivity contribution in [3.8, 4) is 5.75 Å². The average Bonchev–Trinajstić information content (AvgIpc) is 2.42. The number of unbranched alkanes of at least 4 members (excludes halogenated alkanes) is 3. The van der Waals surface area contributed by atoms with Crippen molar-refractivity contribution >= 4 is 34.8 Å². The molecule has 5 heteroatoms. The molecule has 0 atom stereocenters. The standard InChI is InChI=1S/C16H24Cl3NO/c1-12(2)11-20-7-5-3-4-6-8-21-16-10-14(18)13(17)9-15(16)19/h9-10,12,20H,3-8,11H2,1-2H3. The van der Waals surface area contributed by atoms with E-state index in [9.17, 15) is 0 Å². The SMILES string of the molecule is CC(C)CNCCCCCCOc1cc(Cl)c(Cl)cc1Cl. The summed E-state index contributed by atoms with van der Waals surface area (Å²) in [7, 11) is 0. The first kappa shape index (κ1) is 18.9. The second-order valence-electron chi connectivity index (χ2n) is 5.56. The van der Waals surface area contributed by atoms with Gasteiger partial charge >= 0.3 is 0 Å². The van der Waals surface area contributed by atoms with E-state index in [2.05, 4.69) is 19.2 Å². The largest absolute Gasteiger partial charge is 0.492 e. The molecule has 120 valence electrons. The summed E-state index contributed by atoms with van der Waals surface area (Å²) in [5, 5.41) is 4.86. The van der Waals surface area contributed by atoms with E-state index in [0.717, 1.165) is 25.9 Å². The Balaban J connectivity index is 2.08. The van der Waals surface area contributed by atoms with Crippen LogP contribution in [0.3, 0.4) is 0 Å². The molecule has 0 amide bonds. The summed E-state index contributed by atoms with van der Waals surface area (Å²) >= 11 is 17.9. The average molecular weight is 353 g/mol. The van der Waals surface area contributed by atoms with E-state index in [0.29, 0.717) is 33.3 Å². The van der Waals surface area contributed by atoms with E-state index >= 15 is 0 Å². The highest BCUT2D eigenvalue weighted by Gasteiger charge is 2.06. The van der Waals surface area contributed by atoms with Crippen LogP contribution >= 0.6 is 34.8 Å². The highest BCUT2D eigenvalue weighted by molar-refractivity contribution is 6.43. The molecule has 1 aromatic rings. The van der Waals surface area contributed by atoms with Gasteiger partial charge in [-0.3, -0.25) is 0 Å².